The summed E-state index contributed by atoms with van der Waals surface area (Å²) >= 11 is 0. The summed E-state index contributed by atoms with van der Waals surface area (Å²) in [6.45, 7) is 0. The van der Waals surface area contributed by atoms with Crippen molar-refractivity contribution in [3.8, 4) is 5.75 Å². The lowest BCUT2D eigenvalue weighted by Crippen LogP contribution is -2.24. The number of hydrogen-bond donors (Lipinski definition) is 1. The molecule has 1 aromatic rings. The van der Waals surface area contributed by atoms with Crippen molar-refractivity contribution in [1.82, 2.24) is 0 Å². The third-order valence-electron chi connectivity index (χ3n) is 5.10. The van der Waals surface area contributed by atoms with Crippen LogP contribution in [0, 0.1) is 5.41 Å². The fourth-order valence-corrected chi connectivity index (χ4v) is 4.16. The van der Waals surface area contributed by atoms with E-state index in [1.165, 1.54) is 49.7 Å². The molecule has 3 aliphatic rings. The largest absolute Gasteiger partial charge is 0.508 e. The first-order chi connectivity index (χ1) is 9.24. The zero-order valence-electron chi connectivity index (χ0n) is 11.3. The first-order valence-corrected chi connectivity index (χ1v) is 7.46. The molecule has 1 nitrogen and oxygen atoms in total. The SMILES string of the molecule is Oc1ccc2c(c1)CC1(C=C3CCCC=C3CC1)C2. The lowest BCUT2D eigenvalue weighted by Gasteiger charge is -2.34. The van der Waals surface area contributed by atoms with Crippen LogP contribution in [0.3, 0.4) is 0 Å². The topological polar surface area (TPSA) is 20.2 Å². The molecular formula is C18H20O. The molecule has 3 aliphatic carbocycles. The van der Waals surface area contributed by atoms with E-state index in [0.717, 1.165) is 6.42 Å². The first kappa shape index (κ1) is 11.3. The maximum absolute atomic E-state index is 9.65. The van der Waals surface area contributed by atoms with Crippen molar-refractivity contribution in [3.63, 3.8) is 0 Å². The average Bonchev–Trinajstić information content (AvgIpc) is 2.75. The van der Waals surface area contributed by atoms with Crippen molar-refractivity contribution >= 4 is 0 Å². The number of fused-ring (bicyclic) bond motifs is 2. The molecule has 1 spiro atoms. The molecule has 98 valence electrons. The molecule has 0 aromatic heterocycles. The second kappa shape index (κ2) is 4.00. The van der Waals surface area contributed by atoms with Gasteiger partial charge in [0.1, 0.15) is 5.75 Å². The Bertz CT molecular complexity index is 594. The van der Waals surface area contributed by atoms with Gasteiger partial charge in [0.25, 0.3) is 0 Å². The number of hydrogen-bond acceptors (Lipinski definition) is 1. The Hall–Kier alpha value is -1.50. The van der Waals surface area contributed by atoms with Crippen molar-refractivity contribution in [2.24, 2.45) is 5.41 Å². The van der Waals surface area contributed by atoms with Crippen LogP contribution in [0.2, 0.25) is 0 Å². The molecular weight excluding hydrogens is 232 g/mol. The summed E-state index contributed by atoms with van der Waals surface area (Å²) in [5.74, 6) is 0.414. The smallest absolute Gasteiger partial charge is 0.115 e. The quantitative estimate of drug-likeness (QED) is 0.729. The van der Waals surface area contributed by atoms with Crippen LogP contribution in [0.25, 0.3) is 0 Å². The van der Waals surface area contributed by atoms with Crippen molar-refractivity contribution < 1.29 is 5.11 Å². The summed E-state index contributed by atoms with van der Waals surface area (Å²) in [6, 6.07) is 5.92. The van der Waals surface area contributed by atoms with Gasteiger partial charge in [-0.15, -0.1) is 0 Å². The molecule has 1 unspecified atom stereocenters. The summed E-state index contributed by atoms with van der Waals surface area (Å²) in [4.78, 5) is 0. The van der Waals surface area contributed by atoms with Crippen LogP contribution in [0.5, 0.6) is 5.75 Å². The Morgan fingerprint density at radius 2 is 1.89 bits per heavy atom. The van der Waals surface area contributed by atoms with Crippen LogP contribution >= 0.6 is 0 Å². The number of phenolic OH excluding ortho intramolecular Hbond substituents is 1. The minimum absolute atomic E-state index is 0.347. The van der Waals surface area contributed by atoms with E-state index in [9.17, 15) is 5.11 Å². The van der Waals surface area contributed by atoms with Gasteiger partial charge in [-0.25, -0.2) is 0 Å². The molecule has 0 saturated heterocycles. The van der Waals surface area contributed by atoms with Gasteiger partial charge < -0.3 is 5.11 Å². The molecule has 4 rings (SSSR count). The molecule has 0 fully saturated rings. The minimum atomic E-state index is 0.347. The predicted octanol–water partition coefficient (Wildman–Crippen LogP) is 4.31. The number of phenols is 1. The van der Waals surface area contributed by atoms with Crippen molar-refractivity contribution in [3.05, 3.63) is 52.6 Å². The van der Waals surface area contributed by atoms with E-state index in [4.69, 9.17) is 0 Å². The van der Waals surface area contributed by atoms with Gasteiger partial charge in [-0.2, -0.15) is 0 Å². The highest BCUT2D eigenvalue weighted by Gasteiger charge is 2.38. The second-order valence-corrected chi connectivity index (χ2v) is 6.46. The highest BCUT2D eigenvalue weighted by Crippen LogP contribution is 2.49. The molecule has 0 amide bonds. The van der Waals surface area contributed by atoms with Gasteiger partial charge in [-0.1, -0.05) is 18.2 Å². The summed E-state index contributed by atoms with van der Waals surface area (Å²) in [7, 11) is 0. The monoisotopic (exact) mass is 252 g/mol. The van der Waals surface area contributed by atoms with E-state index in [-0.39, 0.29) is 0 Å². The summed E-state index contributed by atoms with van der Waals surface area (Å²) < 4.78 is 0. The van der Waals surface area contributed by atoms with E-state index >= 15 is 0 Å². The minimum Gasteiger partial charge on any atom is -0.508 e. The molecule has 1 N–H and O–H groups in total. The normalized spacial score (nSPS) is 28.6. The number of aromatic hydroxyl groups is 1. The lowest BCUT2D eigenvalue weighted by atomic mass is 9.70. The second-order valence-electron chi connectivity index (χ2n) is 6.46. The Morgan fingerprint density at radius 1 is 1.00 bits per heavy atom. The molecule has 0 heterocycles. The van der Waals surface area contributed by atoms with E-state index in [2.05, 4.69) is 18.2 Å². The average molecular weight is 252 g/mol. The third-order valence-corrected chi connectivity index (χ3v) is 5.10. The van der Waals surface area contributed by atoms with Gasteiger partial charge >= 0.3 is 0 Å². The van der Waals surface area contributed by atoms with Crippen LogP contribution in [-0.2, 0) is 12.8 Å². The fourth-order valence-electron chi connectivity index (χ4n) is 4.16. The molecule has 0 saturated carbocycles. The van der Waals surface area contributed by atoms with Crippen molar-refractivity contribution in [2.45, 2.75) is 44.9 Å². The predicted molar refractivity (Wildman–Crippen MR) is 77.2 cm³/mol. The van der Waals surface area contributed by atoms with Gasteiger partial charge in [-0.3, -0.25) is 0 Å². The van der Waals surface area contributed by atoms with Crippen LogP contribution in [0.4, 0.5) is 0 Å². The van der Waals surface area contributed by atoms with E-state index in [1.54, 1.807) is 11.1 Å². The molecule has 1 atom stereocenters. The molecule has 0 bridgehead atoms. The summed E-state index contributed by atoms with van der Waals surface area (Å²) in [5, 5.41) is 9.65. The van der Waals surface area contributed by atoms with Crippen molar-refractivity contribution in [2.75, 3.05) is 0 Å². The number of rotatable bonds is 0. The van der Waals surface area contributed by atoms with Gasteiger partial charge in [0.05, 0.1) is 0 Å². The molecule has 0 radical (unpaired) electrons. The maximum atomic E-state index is 9.65. The van der Waals surface area contributed by atoms with Gasteiger partial charge in [-0.05, 0) is 84.8 Å². The first-order valence-electron chi connectivity index (χ1n) is 7.46. The van der Waals surface area contributed by atoms with Crippen LogP contribution < -0.4 is 0 Å². The van der Waals surface area contributed by atoms with E-state index < -0.39 is 0 Å². The zero-order valence-corrected chi connectivity index (χ0v) is 11.3. The van der Waals surface area contributed by atoms with Gasteiger partial charge in [0, 0.05) is 0 Å². The highest BCUT2D eigenvalue weighted by atomic mass is 16.3. The summed E-state index contributed by atoms with van der Waals surface area (Å²) in [6.07, 6.45) is 13.7. The van der Waals surface area contributed by atoms with Crippen LogP contribution in [0.15, 0.2) is 41.5 Å². The molecule has 0 aliphatic heterocycles. The number of allylic oxidation sites excluding steroid dienone is 4. The Morgan fingerprint density at radius 3 is 2.84 bits per heavy atom. The molecule has 1 aromatic carbocycles. The third kappa shape index (κ3) is 1.83. The number of benzene rings is 1. The fraction of sp³-hybridized carbons (Fsp3) is 0.444. The maximum Gasteiger partial charge on any atom is 0.115 e. The zero-order chi connectivity index (χ0) is 12.9. The van der Waals surface area contributed by atoms with Crippen molar-refractivity contribution in [1.29, 1.82) is 0 Å². The Labute approximate surface area is 114 Å². The van der Waals surface area contributed by atoms with E-state index in [0.29, 0.717) is 11.2 Å². The highest BCUT2D eigenvalue weighted by molar-refractivity contribution is 5.45. The van der Waals surface area contributed by atoms with Gasteiger partial charge in [0.15, 0.2) is 0 Å². The standard InChI is InChI=1S/C18H20O/c19-17-6-5-15-11-18(12-16(15)9-17)8-7-13-3-1-2-4-14(13)10-18/h3,5-6,9-10,19H,1-2,4,7-8,11-12H2. The van der Waals surface area contributed by atoms with Crippen LogP contribution in [0.1, 0.15) is 43.2 Å². The summed E-state index contributed by atoms with van der Waals surface area (Å²) in [5.41, 5.74) is 6.39. The van der Waals surface area contributed by atoms with Crippen LogP contribution in [-0.4, -0.2) is 5.11 Å². The molecule has 19 heavy (non-hydrogen) atoms. The Balaban J connectivity index is 1.71. The molecule has 1 heteroatoms. The van der Waals surface area contributed by atoms with Gasteiger partial charge in [0.2, 0.25) is 0 Å². The lowest BCUT2D eigenvalue weighted by molar-refractivity contribution is 0.355. The Kier molecular flexibility index (Phi) is 2.38. The van der Waals surface area contributed by atoms with E-state index in [1.807, 2.05) is 12.1 Å².